The lowest BCUT2D eigenvalue weighted by Crippen LogP contribution is -2.23. The van der Waals surface area contributed by atoms with Gasteiger partial charge in [-0.3, -0.25) is 4.79 Å². The van der Waals surface area contributed by atoms with Gasteiger partial charge in [-0.2, -0.15) is 0 Å². The van der Waals surface area contributed by atoms with E-state index in [0.29, 0.717) is 25.7 Å². The number of benzene rings is 1. The first-order valence-electron chi connectivity index (χ1n) is 10.6. The highest BCUT2D eigenvalue weighted by molar-refractivity contribution is 5.66. The lowest BCUT2D eigenvalue weighted by atomic mass is 9.85. The zero-order valence-electron chi connectivity index (χ0n) is 16.8. The molecule has 4 N–H and O–H groups in total. The highest BCUT2D eigenvalue weighted by Crippen LogP contribution is 2.39. The third-order valence-corrected chi connectivity index (χ3v) is 5.88. The van der Waals surface area contributed by atoms with E-state index in [-0.39, 0.29) is 24.1 Å². The summed E-state index contributed by atoms with van der Waals surface area (Å²) in [7, 11) is 0. The lowest BCUT2D eigenvalue weighted by Gasteiger charge is -2.24. The van der Waals surface area contributed by atoms with Crippen LogP contribution >= 0.6 is 0 Å². The molecule has 0 spiro atoms. The minimum absolute atomic E-state index is 0.0118. The molecule has 1 saturated carbocycles. The zero-order chi connectivity index (χ0) is 21.2. The van der Waals surface area contributed by atoms with Crippen molar-refractivity contribution in [1.29, 1.82) is 0 Å². The SMILES string of the molecule is O=C(O)CCCCCC[C@@H]1[C@@H](CCC(O)/C=C/c2ccc(F)cc2)[C@H](O)C[C@@H]1O. The maximum absolute atomic E-state index is 12.9. The van der Waals surface area contributed by atoms with Gasteiger partial charge in [0.25, 0.3) is 0 Å². The lowest BCUT2D eigenvalue weighted by molar-refractivity contribution is -0.137. The van der Waals surface area contributed by atoms with Gasteiger partial charge in [-0.05, 0) is 61.6 Å². The number of rotatable bonds is 12. The quantitative estimate of drug-likeness (QED) is 0.395. The van der Waals surface area contributed by atoms with Crippen molar-refractivity contribution >= 4 is 12.0 Å². The molecular weight excluding hydrogens is 375 g/mol. The zero-order valence-corrected chi connectivity index (χ0v) is 16.8. The molecule has 0 heterocycles. The monoisotopic (exact) mass is 408 g/mol. The first-order valence-corrected chi connectivity index (χ1v) is 10.6. The average Bonchev–Trinajstić information content (AvgIpc) is 2.94. The molecule has 1 aliphatic carbocycles. The van der Waals surface area contributed by atoms with E-state index in [1.165, 1.54) is 12.1 Å². The summed E-state index contributed by atoms with van der Waals surface area (Å²) in [5.74, 6) is -1.11. The molecule has 6 heteroatoms. The highest BCUT2D eigenvalue weighted by Gasteiger charge is 2.40. The third kappa shape index (κ3) is 8.25. The highest BCUT2D eigenvalue weighted by atomic mass is 19.1. The standard InChI is InChI=1S/C23H33FO5/c24-17-10-7-16(8-11-17)9-12-18(25)13-14-20-19(21(26)15-22(20)27)5-3-1-2-4-6-23(28)29/h7-12,18-22,25-27H,1-6,13-15H2,(H,28,29)/b12-9+/t18?,19-,20-,21+,22-/m1/s1. The summed E-state index contributed by atoms with van der Waals surface area (Å²) in [6.45, 7) is 0. The van der Waals surface area contributed by atoms with E-state index in [0.717, 1.165) is 31.2 Å². The van der Waals surface area contributed by atoms with Crippen molar-refractivity contribution in [2.75, 3.05) is 0 Å². The summed E-state index contributed by atoms with van der Waals surface area (Å²) < 4.78 is 12.9. The molecule has 162 valence electrons. The number of carboxylic acid groups (broad SMARTS) is 1. The Kier molecular flexibility index (Phi) is 9.78. The van der Waals surface area contributed by atoms with E-state index in [9.17, 15) is 24.5 Å². The Morgan fingerprint density at radius 1 is 1.03 bits per heavy atom. The molecule has 29 heavy (non-hydrogen) atoms. The minimum Gasteiger partial charge on any atom is -0.481 e. The van der Waals surface area contributed by atoms with E-state index in [1.54, 1.807) is 24.3 Å². The Labute approximate surface area is 171 Å². The predicted octanol–water partition coefficient (Wildman–Crippen LogP) is 3.76. The number of halogens is 1. The molecule has 5 nitrogen and oxygen atoms in total. The van der Waals surface area contributed by atoms with Crippen molar-refractivity contribution in [2.45, 2.75) is 76.1 Å². The summed E-state index contributed by atoms with van der Waals surface area (Å²) in [5, 5.41) is 39.5. The van der Waals surface area contributed by atoms with Gasteiger partial charge < -0.3 is 20.4 Å². The van der Waals surface area contributed by atoms with Crippen LogP contribution in [0.5, 0.6) is 0 Å². The second-order valence-electron chi connectivity index (χ2n) is 8.10. The molecule has 0 aliphatic heterocycles. The van der Waals surface area contributed by atoms with E-state index in [4.69, 9.17) is 5.11 Å². The molecule has 0 amide bonds. The number of aliphatic hydroxyl groups is 3. The van der Waals surface area contributed by atoms with Crippen molar-refractivity contribution in [3.63, 3.8) is 0 Å². The van der Waals surface area contributed by atoms with Crippen LogP contribution in [0.4, 0.5) is 4.39 Å². The molecule has 0 saturated heterocycles. The number of hydrogen-bond acceptors (Lipinski definition) is 4. The normalized spacial score (nSPS) is 25.5. The number of aliphatic hydroxyl groups excluding tert-OH is 3. The fourth-order valence-corrected chi connectivity index (χ4v) is 4.25. The van der Waals surface area contributed by atoms with Crippen LogP contribution in [0.2, 0.25) is 0 Å². The Hall–Kier alpha value is -1.76. The van der Waals surface area contributed by atoms with Crippen LogP contribution in [0.1, 0.15) is 63.4 Å². The van der Waals surface area contributed by atoms with Crippen LogP contribution in [-0.2, 0) is 4.79 Å². The topological polar surface area (TPSA) is 98.0 Å². The number of hydrogen-bond donors (Lipinski definition) is 4. The number of carbonyl (C=O) groups is 1. The van der Waals surface area contributed by atoms with Gasteiger partial charge >= 0.3 is 5.97 Å². The summed E-state index contributed by atoms with van der Waals surface area (Å²) in [4.78, 5) is 10.5. The third-order valence-electron chi connectivity index (χ3n) is 5.88. The number of unbranched alkanes of at least 4 members (excludes halogenated alkanes) is 3. The van der Waals surface area contributed by atoms with E-state index in [1.807, 2.05) is 0 Å². The molecule has 1 aromatic carbocycles. The Morgan fingerprint density at radius 3 is 2.31 bits per heavy atom. The van der Waals surface area contributed by atoms with Crippen molar-refractivity contribution < 1.29 is 29.6 Å². The largest absolute Gasteiger partial charge is 0.481 e. The predicted molar refractivity (Wildman–Crippen MR) is 110 cm³/mol. The van der Waals surface area contributed by atoms with Crippen LogP contribution in [0.3, 0.4) is 0 Å². The molecule has 1 aromatic rings. The first-order chi connectivity index (χ1) is 13.9. The number of aliphatic carboxylic acids is 1. The van der Waals surface area contributed by atoms with Crippen molar-refractivity contribution in [3.8, 4) is 0 Å². The molecule has 1 aliphatic rings. The number of carboxylic acids is 1. The van der Waals surface area contributed by atoms with Gasteiger partial charge in [0.1, 0.15) is 5.82 Å². The van der Waals surface area contributed by atoms with Crippen molar-refractivity contribution in [3.05, 3.63) is 41.7 Å². The smallest absolute Gasteiger partial charge is 0.303 e. The van der Waals surface area contributed by atoms with Crippen LogP contribution in [0.25, 0.3) is 6.08 Å². The molecule has 0 radical (unpaired) electrons. The van der Waals surface area contributed by atoms with Crippen LogP contribution in [0, 0.1) is 17.7 Å². The van der Waals surface area contributed by atoms with Crippen LogP contribution < -0.4 is 0 Å². The van der Waals surface area contributed by atoms with Gasteiger partial charge in [0.05, 0.1) is 18.3 Å². The maximum atomic E-state index is 12.9. The Bertz CT molecular complexity index is 645. The van der Waals surface area contributed by atoms with Gasteiger partial charge in [0.15, 0.2) is 0 Å². The molecule has 2 rings (SSSR count). The Morgan fingerprint density at radius 2 is 1.66 bits per heavy atom. The minimum atomic E-state index is -0.772. The van der Waals surface area contributed by atoms with E-state index < -0.39 is 24.3 Å². The van der Waals surface area contributed by atoms with Crippen molar-refractivity contribution in [1.82, 2.24) is 0 Å². The summed E-state index contributed by atoms with van der Waals surface area (Å²) >= 11 is 0. The second-order valence-corrected chi connectivity index (χ2v) is 8.10. The molecule has 0 bridgehead atoms. The maximum Gasteiger partial charge on any atom is 0.303 e. The summed E-state index contributed by atoms with van der Waals surface area (Å²) in [6.07, 6.45) is 7.48. The first kappa shape index (κ1) is 23.5. The van der Waals surface area contributed by atoms with Crippen LogP contribution in [0.15, 0.2) is 30.3 Å². The molecule has 0 aromatic heterocycles. The van der Waals surface area contributed by atoms with Crippen molar-refractivity contribution in [2.24, 2.45) is 11.8 Å². The Balaban J connectivity index is 1.75. The van der Waals surface area contributed by atoms with Gasteiger partial charge in [-0.25, -0.2) is 4.39 Å². The van der Waals surface area contributed by atoms with Gasteiger partial charge in [-0.15, -0.1) is 0 Å². The molecule has 5 atom stereocenters. The van der Waals surface area contributed by atoms with Gasteiger partial charge in [-0.1, -0.05) is 43.5 Å². The fraction of sp³-hybridized carbons (Fsp3) is 0.609. The van der Waals surface area contributed by atoms with Gasteiger partial charge in [0, 0.05) is 6.42 Å². The van der Waals surface area contributed by atoms with Crippen LogP contribution in [-0.4, -0.2) is 44.7 Å². The fourth-order valence-electron chi connectivity index (χ4n) is 4.25. The molecular formula is C23H33FO5. The van der Waals surface area contributed by atoms with E-state index >= 15 is 0 Å². The summed E-state index contributed by atoms with van der Waals surface area (Å²) in [5.41, 5.74) is 0.808. The summed E-state index contributed by atoms with van der Waals surface area (Å²) in [6, 6.07) is 6.02. The van der Waals surface area contributed by atoms with E-state index in [2.05, 4.69) is 0 Å². The molecule has 1 unspecified atom stereocenters. The average molecular weight is 409 g/mol. The second kappa shape index (κ2) is 12.1. The molecule has 1 fully saturated rings. The van der Waals surface area contributed by atoms with Gasteiger partial charge in [0.2, 0.25) is 0 Å².